The maximum atomic E-state index is 12.3. The summed E-state index contributed by atoms with van der Waals surface area (Å²) in [6, 6.07) is 12.2. The summed E-state index contributed by atoms with van der Waals surface area (Å²) in [6.45, 7) is 3.96. The van der Waals surface area contributed by atoms with Crippen LogP contribution in [0.4, 0.5) is 0 Å². The fraction of sp³-hybridized carbons (Fsp3) is 0.368. The minimum Gasteiger partial charge on any atom is -0.356 e. The van der Waals surface area contributed by atoms with Crippen molar-refractivity contribution < 1.29 is 4.79 Å². The van der Waals surface area contributed by atoms with E-state index in [4.69, 9.17) is 0 Å². The Morgan fingerprint density at radius 3 is 2.65 bits per heavy atom. The number of thiophene rings is 1. The molecule has 0 spiro atoms. The molecule has 1 aromatic heterocycles. The number of nitrogens with one attached hydrogen (secondary N) is 2. The van der Waals surface area contributed by atoms with Gasteiger partial charge in [-0.15, -0.1) is 11.3 Å². The molecule has 1 aromatic carbocycles. The Hall–Kier alpha value is -1.86. The van der Waals surface area contributed by atoms with Gasteiger partial charge in [0.2, 0.25) is 5.91 Å². The van der Waals surface area contributed by atoms with Crippen molar-refractivity contribution >= 4 is 39.1 Å². The normalized spacial score (nSPS) is 11.3. The van der Waals surface area contributed by atoms with Gasteiger partial charge in [-0.05, 0) is 30.7 Å². The van der Waals surface area contributed by atoms with Crippen LogP contribution >= 0.6 is 27.3 Å². The maximum Gasteiger partial charge on any atom is 0.224 e. The average molecular weight is 437 g/mol. The zero-order chi connectivity index (χ0) is 18.9. The number of benzene rings is 1. The van der Waals surface area contributed by atoms with Gasteiger partial charge in [-0.1, -0.05) is 34.1 Å². The first-order chi connectivity index (χ1) is 12.5. The van der Waals surface area contributed by atoms with Crippen molar-refractivity contribution in [2.45, 2.75) is 26.4 Å². The lowest BCUT2D eigenvalue weighted by Gasteiger charge is -2.19. The van der Waals surface area contributed by atoms with Gasteiger partial charge in [-0.3, -0.25) is 9.79 Å². The van der Waals surface area contributed by atoms with Gasteiger partial charge in [-0.25, -0.2) is 0 Å². The lowest BCUT2D eigenvalue weighted by atomic mass is 10.2. The number of halogens is 1. The van der Waals surface area contributed by atoms with Crippen LogP contribution in [0.5, 0.6) is 0 Å². The van der Waals surface area contributed by atoms with E-state index in [2.05, 4.69) is 50.6 Å². The third-order valence-corrected chi connectivity index (χ3v) is 5.65. The third-order valence-electron chi connectivity index (χ3n) is 3.87. The third kappa shape index (κ3) is 6.46. The van der Waals surface area contributed by atoms with Crippen LogP contribution in [0.3, 0.4) is 0 Å². The van der Waals surface area contributed by atoms with E-state index in [9.17, 15) is 4.79 Å². The predicted octanol–water partition coefficient (Wildman–Crippen LogP) is 3.53. The molecular weight excluding hydrogens is 412 g/mol. The summed E-state index contributed by atoms with van der Waals surface area (Å²) in [7, 11) is 3.56. The largest absolute Gasteiger partial charge is 0.356 e. The van der Waals surface area contributed by atoms with Crippen molar-refractivity contribution in [2.75, 3.05) is 20.6 Å². The molecule has 0 saturated carbocycles. The molecule has 0 fully saturated rings. The molecule has 1 heterocycles. The Kier molecular flexibility index (Phi) is 8.12. The molecule has 2 N–H and O–H groups in total. The van der Waals surface area contributed by atoms with Crippen LogP contribution in [0.15, 0.2) is 45.9 Å². The van der Waals surface area contributed by atoms with Crippen molar-refractivity contribution in [2.24, 2.45) is 4.99 Å². The van der Waals surface area contributed by atoms with Gasteiger partial charge in [0.1, 0.15) is 0 Å². The SMILES string of the molecule is CN=C(NCCC(=O)N(C)Cc1ccccc1Br)NCc1ccc(C)s1. The number of carbonyl (C=O) groups excluding carboxylic acids is 1. The van der Waals surface area contributed by atoms with Crippen LogP contribution < -0.4 is 10.6 Å². The number of aryl methyl sites for hydroxylation is 1. The van der Waals surface area contributed by atoms with E-state index in [0.29, 0.717) is 25.5 Å². The molecule has 2 aromatic rings. The molecule has 5 nitrogen and oxygen atoms in total. The average Bonchev–Trinajstić information content (AvgIpc) is 3.05. The topological polar surface area (TPSA) is 56.7 Å². The highest BCUT2D eigenvalue weighted by Gasteiger charge is 2.11. The molecule has 0 saturated heterocycles. The molecule has 26 heavy (non-hydrogen) atoms. The van der Waals surface area contributed by atoms with Gasteiger partial charge in [0.15, 0.2) is 5.96 Å². The molecule has 1 amide bonds. The molecule has 0 aliphatic heterocycles. The summed E-state index contributed by atoms with van der Waals surface area (Å²) in [5, 5.41) is 6.46. The van der Waals surface area contributed by atoms with E-state index >= 15 is 0 Å². The lowest BCUT2D eigenvalue weighted by Crippen LogP contribution is -2.39. The van der Waals surface area contributed by atoms with Crippen molar-refractivity contribution in [3.63, 3.8) is 0 Å². The van der Waals surface area contributed by atoms with Crippen molar-refractivity contribution in [1.82, 2.24) is 15.5 Å². The highest BCUT2D eigenvalue weighted by atomic mass is 79.9. The molecule has 0 atom stereocenters. The van der Waals surface area contributed by atoms with Crippen LogP contribution in [0.25, 0.3) is 0 Å². The predicted molar refractivity (Wildman–Crippen MR) is 112 cm³/mol. The Morgan fingerprint density at radius 2 is 2.00 bits per heavy atom. The summed E-state index contributed by atoms with van der Waals surface area (Å²) >= 11 is 5.28. The Morgan fingerprint density at radius 1 is 1.23 bits per heavy atom. The Bertz CT molecular complexity index is 760. The zero-order valence-corrected chi connectivity index (χ0v) is 17.8. The van der Waals surface area contributed by atoms with Crippen molar-refractivity contribution in [3.8, 4) is 0 Å². The van der Waals surface area contributed by atoms with Gasteiger partial charge in [0.25, 0.3) is 0 Å². The van der Waals surface area contributed by atoms with E-state index in [1.54, 1.807) is 23.3 Å². The van der Waals surface area contributed by atoms with Gasteiger partial charge in [0.05, 0.1) is 6.54 Å². The number of guanidine groups is 1. The summed E-state index contributed by atoms with van der Waals surface area (Å²) < 4.78 is 1.02. The quantitative estimate of drug-likeness (QED) is 0.515. The summed E-state index contributed by atoms with van der Waals surface area (Å²) in [5.74, 6) is 0.801. The smallest absolute Gasteiger partial charge is 0.224 e. The second-order valence-corrected chi connectivity index (χ2v) is 8.18. The van der Waals surface area contributed by atoms with E-state index < -0.39 is 0 Å². The molecule has 140 valence electrons. The number of amides is 1. The highest BCUT2D eigenvalue weighted by molar-refractivity contribution is 9.10. The number of rotatable bonds is 7. The van der Waals surface area contributed by atoms with Crippen LogP contribution in [-0.2, 0) is 17.9 Å². The van der Waals surface area contributed by atoms with E-state index in [1.807, 2.05) is 31.3 Å². The highest BCUT2D eigenvalue weighted by Crippen LogP contribution is 2.17. The minimum atomic E-state index is 0.0950. The Balaban J connectivity index is 1.73. The number of aliphatic imine (C=N–C) groups is 1. The van der Waals surface area contributed by atoms with Crippen molar-refractivity contribution in [3.05, 3.63) is 56.2 Å². The van der Waals surface area contributed by atoms with Crippen LogP contribution in [0.1, 0.15) is 21.7 Å². The van der Waals surface area contributed by atoms with Gasteiger partial charge in [-0.2, -0.15) is 0 Å². The zero-order valence-electron chi connectivity index (χ0n) is 15.4. The molecule has 0 radical (unpaired) electrons. The van der Waals surface area contributed by atoms with Gasteiger partial charge in [0, 0.05) is 47.8 Å². The molecule has 0 unspecified atom stereocenters. The van der Waals surface area contributed by atoms with E-state index in [1.165, 1.54) is 9.75 Å². The fourth-order valence-corrected chi connectivity index (χ4v) is 3.66. The summed E-state index contributed by atoms with van der Waals surface area (Å²) in [5.41, 5.74) is 1.10. The molecule has 2 rings (SSSR count). The number of hydrogen-bond acceptors (Lipinski definition) is 3. The monoisotopic (exact) mass is 436 g/mol. The van der Waals surface area contributed by atoms with Crippen molar-refractivity contribution in [1.29, 1.82) is 0 Å². The number of nitrogens with zero attached hydrogens (tertiary/aromatic N) is 2. The van der Waals surface area contributed by atoms with E-state index in [0.717, 1.165) is 16.6 Å². The first-order valence-electron chi connectivity index (χ1n) is 8.47. The van der Waals surface area contributed by atoms with E-state index in [-0.39, 0.29) is 5.91 Å². The molecular formula is C19H25BrN4OS. The van der Waals surface area contributed by atoms with Crippen LogP contribution in [-0.4, -0.2) is 37.4 Å². The minimum absolute atomic E-state index is 0.0950. The van der Waals surface area contributed by atoms with Crippen LogP contribution in [0.2, 0.25) is 0 Å². The summed E-state index contributed by atoms with van der Waals surface area (Å²) in [6.07, 6.45) is 0.416. The number of hydrogen-bond donors (Lipinski definition) is 2. The molecule has 0 bridgehead atoms. The maximum absolute atomic E-state index is 12.3. The van der Waals surface area contributed by atoms with Gasteiger partial charge >= 0.3 is 0 Å². The second kappa shape index (κ2) is 10.3. The summed E-state index contributed by atoms with van der Waals surface area (Å²) in [4.78, 5) is 20.8. The molecule has 7 heteroatoms. The standard InChI is InChI=1S/C19H25BrN4OS/c1-14-8-9-16(26-14)12-23-19(21-2)22-11-10-18(25)24(3)13-15-6-4-5-7-17(15)20/h4-9H,10-13H2,1-3H3,(H2,21,22,23). The van der Waals surface area contributed by atoms with Crippen LogP contribution in [0, 0.1) is 6.92 Å². The van der Waals surface area contributed by atoms with Gasteiger partial charge < -0.3 is 15.5 Å². The molecule has 0 aliphatic rings. The molecule has 0 aliphatic carbocycles. The first-order valence-corrected chi connectivity index (χ1v) is 10.1. The first kappa shape index (κ1) is 20.5. The Labute approximate surface area is 167 Å². The fourth-order valence-electron chi connectivity index (χ4n) is 2.42. The number of carbonyl (C=O) groups is 1. The lowest BCUT2D eigenvalue weighted by molar-refractivity contribution is -0.130. The second-order valence-electron chi connectivity index (χ2n) is 5.96.